The Morgan fingerprint density at radius 1 is 1.10 bits per heavy atom. The second-order valence-corrected chi connectivity index (χ2v) is 5.44. The van der Waals surface area contributed by atoms with Crippen LogP contribution >= 0.6 is 39.1 Å². The van der Waals surface area contributed by atoms with Crippen molar-refractivity contribution in [2.45, 2.75) is 11.9 Å². The first-order valence-electron chi connectivity index (χ1n) is 5.80. The van der Waals surface area contributed by atoms with Crippen molar-refractivity contribution in [2.24, 2.45) is 0 Å². The summed E-state index contributed by atoms with van der Waals surface area (Å²) in [6, 6.07) is 12.8. The lowest BCUT2D eigenvalue weighted by Crippen LogP contribution is -1.99. The van der Waals surface area contributed by atoms with Crippen molar-refractivity contribution >= 4 is 39.1 Å². The lowest BCUT2D eigenvalue weighted by atomic mass is 10.1. The number of benzene rings is 2. The second-order valence-electron chi connectivity index (χ2n) is 4.07. The molecule has 0 aliphatic carbocycles. The van der Waals surface area contributed by atoms with Crippen LogP contribution < -0.4 is 4.74 Å². The van der Waals surface area contributed by atoms with Crippen molar-refractivity contribution in [3.63, 3.8) is 0 Å². The van der Waals surface area contributed by atoms with Crippen molar-refractivity contribution in [2.75, 3.05) is 0 Å². The van der Waals surface area contributed by atoms with Gasteiger partial charge in [-0.15, -0.1) is 0 Å². The van der Waals surface area contributed by atoms with Crippen LogP contribution in [0.5, 0.6) is 5.75 Å². The van der Waals surface area contributed by atoms with Gasteiger partial charge in [-0.3, -0.25) is 0 Å². The number of nitriles is 1. The maximum absolute atomic E-state index is 8.80. The van der Waals surface area contributed by atoms with Crippen molar-refractivity contribution in [3.05, 3.63) is 63.1 Å². The number of para-hydroxylation sites is 1. The normalized spacial score (nSPS) is 10.1. The van der Waals surface area contributed by atoms with E-state index in [1.54, 1.807) is 24.3 Å². The molecule has 0 amide bonds. The molecule has 0 saturated heterocycles. The van der Waals surface area contributed by atoms with Crippen LogP contribution in [0.3, 0.4) is 0 Å². The largest absolute Gasteiger partial charge is 0.487 e. The summed E-state index contributed by atoms with van der Waals surface area (Å²) in [5, 5.41) is 10.5. The average molecular weight is 371 g/mol. The first-order valence-corrected chi connectivity index (χ1v) is 7.68. The molecule has 0 fully saturated rings. The zero-order valence-electron chi connectivity index (χ0n) is 10.4. The molecule has 0 bridgehead atoms. The Morgan fingerprint density at radius 3 is 2.55 bits per heavy atom. The Bertz CT molecular complexity index is 667. The Labute approximate surface area is 136 Å². The van der Waals surface area contributed by atoms with E-state index in [1.165, 1.54) is 0 Å². The molecular weight excluding hydrogens is 361 g/mol. The summed E-state index contributed by atoms with van der Waals surface area (Å²) in [5.74, 6) is 0.645. The van der Waals surface area contributed by atoms with E-state index in [-0.39, 0.29) is 0 Å². The fourth-order valence-corrected chi connectivity index (χ4v) is 2.63. The fraction of sp³-hybridized carbons (Fsp3) is 0.133. The van der Waals surface area contributed by atoms with Gasteiger partial charge in [-0.2, -0.15) is 5.26 Å². The van der Waals surface area contributed by atoms with Crippen molar-refractivity contribution in [3.8, 4) is 11.8 Å². The Kier molecular flexibility index (Phi) is 5.31. The van der Waals surface area contributed by atoms with Crippen LogP contribution in [0.2, 0.25) is 10.0 Å². The van der Waals surface area contributed by atoms with E-state index in [0.717, 1.165) is 11.1 Å². The van der Waals surface area contributed by atoms with Crippen LogP contribution in [0.4, 0.5) is 0 Å². The zero-order chi connectivity index (χ0) is 14.5. The van der Waals surface area contributed by atoms with Gasteiger partial charge in [0.1, 0.15) is 12.4 Å². The summed E-state index contributed by atoms with van der Waals surface area (Å²) in [6.45, 7) is 0.300. The lowest BCUT2D eigenvalue weighted by molar-refractivity contribution is 0.304. The molecule has 0 radical (unpaired) electrons. The molecule has 0 atom stereocenters. The van der Waals surface area contributed by atoms with Crippen molar-refractivity contribution in [1.29, 1.82) is 5.26 Å². The first-order chi connectivity index (χ1) is 9.65. The Morgan fingerprint density at radius 2 is 1.90 bits per heavy atom. The quantitative estimate of drug-likeness (QED) is 0.680. The fourth-order valence-electron chi connectivity index (χ4n) is 1.70. The third-order valence-corrected chi connectivity index (χ3v) is 4.00. The second kappa shape index (κ2) is 6.99. The monoisotopic (exact) mass is 369 g/mol. The van der Waals surface area contributed by atoms with Gasteiger partial charge in [-0.25, -0.2) is 0 Å². The standard InChI is InChI=1S/C15H10BrCl2NO/c16-7-11-2-1-3-13(17)15(11)20-9-12-5-4-10(8-19)6-14(12)18/h1-6H,7,9H2. The van der Waals surface area contributed by atoms with Gasteiger partial charge in [0.25, 0.3) is 0 Å². The van der Waals surface area contributed by atoms with Gasteiger partial charge < -0.3 is 4.74 Å². The maximum atomic E-state index is 8.80. The maximum Gasteiger partial charge on any atom is 0.142 e. The van der Waals surface area contributed by atoms with Crippen LogP contribution in [-0.4, -0.2) is 0 Å². The third-order valence-electron chi connectivity index (χ3n) is 2.75. The topological polar surface area (TPSA) is 33.0 Å². The third kappa shape index (κ3) is 3.46. The molecule has 0 aliphatic rings. The summed E-state index contributed by atoms with van der Waals surface area (Å²) in [4.78, 5) is 0. The van der Waals surface area contributed by atoms with E-state index in [4.69, 9.17) is 33.2 Å². The predicted octanol–water partition coefficient (Wildman–Crippen LogP) is 5.34. The predicted molar refractivity (Wildman–Crippen MR) is 84.6 cm³/mol. The van der Waals surface area contributed by atoms with Gasteiger partial charge in [-0.1, -0.05) is 57.3 Å². The summed E-state index contributed by atoms with van der Waals surface area (Å²) in [7, 11) is 0. The van der Waals surface area contributed by atoms with Gasteiger partial charge in [0.15, 0.2) is 0 Å². The zero-order valence-corrected chi connectivity index (χ0v) is 13.5. The molecule has 2 rings (SSSR count). The van der Waals surface area contributed by atoms with Crippen molar-refractivity contribution in [1.82, 2.24) is 0 Å². The molecule has 2 aromatic carbocycles. The molecule has 2 nitrogen and oxygen atoms in total. The number of halogens is 3. The van der Waals surface area contributed by atoms with E-state index < -0.39 is 0 Å². The number of hydrogen-bond acceptors (Lipinski definition) is 2. The van der Waals surface area contributed by atoms with E-state index in [1.807, 2.05) is 18.2 Å². The van der Waals surface area contributed by atoms with Crippen molar-refractivity contribution < 1.29 is 4.74 Å². The van der Waals surface area contributed by atoms with E-state index in [2.05, 4.69) is 15.9 Å². The lowest BCUT2D eigenvalue weighted by Gasteiger charge is -2.12. The molecule has 5 heteroatoms. The van der Waals surface area contributed by atoms with Crippen LogP contribution in [-0.2, 0) is 11.9 Å². The Hall–Kier alpha value is -1.21. The van der Waals surface area contributed by atoms with Crippen LogP contribution in [0, 0.1) is 11.3 Å². The molecule has 0 saturated carbocycles. The molecule has 20 heavy (non-hydrogen) atoms. The van der Waals surface area contributed by atoms with Gasteiger partial charge in [-0.05, 0) is 18.2 Å². The number of hydrogen-bond donors (Lipinski definition) is 0. The summed E-state index contributed by atoms with van der Waals surface area (Å²) in [6.07, 6.45) is 0. The average Bonchev–Trinajstić information content (AvgIpc) is 2.46. The highest BCUT2D eigenvalue weighted by Crippen LogP contribution is 2.31. The minimum atomic E-state index is 0.300. The molecule has 0 spiro atoms. The summed E-state index contributed by atoms with van der Waals surface area (Å²) in [5.41, 5.74) is 2.31. The SMILES string of the molecule is N#Cc1ccc(COc2c(Cl)cccc2CBr)c(Cl)c1. The Balaban J connectivity index is 2.19. The molecule has 2 aromatic rings. The van der Waals surface area contributed by atoms with Crippen LogP contribution in [0.1, 0.15) is 16.7 Å². The molecule has 0 aliphatic heterocycles. The molecule has 102 valence electrons. The number of alkyl halides is 1. The highest BCUT2D eigenvalue weighted by Gasteiger charge is 2.09. The molecular formula is C15H10BrCl2NO. The van der Waals surface area contributed by atoms with E-state index in [0.29, 0.717) is 33.3 Å². The van der Waals surface area contributed by atoms with E-state index >= 15 is 0 Å². The van der Waals surface area contributed by atoms with Crippen LogP contribution in [0.25, 0.3) is 0 Å². The van der Waals surface area contributed by atoms with Gasteiger partial charge in [0, 0.05) is 21.5 Å². The minimum Gasteiger partial charge on any atom is -0.487 e. The number of ether oxygens (including phenoxy) is 1. The smallest absolute Gasteiger partial charge is 0.142 e. The van der Waals surface area contributed by atoms with Gasteiger partial charge >= 0.3 is 0 Å². The molecule has 0 aromatic heterocycles. The molecule has 0 unspecified atom stereocenters. The number of rotatable bonds is 4. The summed E-state index contributed by atoms with van der Waals surface area (Å²) < 4.78 is 5.77. The van der Waals surface area contributed by atoms with Crippen LogP contribution in [0.15, 0.2) is 36.4 Å². The molecule has 0 heterocycles. The first kappa shape index (κ1) is 15.2. The molecule has 0 N–H and O–H groups in total. The minimum absolute atomic E-state index is 0.300. The highest BCUT2D eigenvalue weighted by atomic mass is 79.9. The summed E-state index contributed by atoms with van der Waals surface area (Å²) >= 11 is 15.7. The highest BCUT2D eigenvalue weighted by molar-refractivity contribution is 9.08. The van der Waals surface area contributed by atoms with Gasteiger partial charge in [0.05, 0.1) is 16.7 Å². The van der Waals surface area contributed by atoms with Gasteiger partial charge in [0.2, 0.25) is 0 Å². The number of nitrogens with zero attached hydrogens (tertiary/aromatic N) is 1. The van der Waals surface area contributed by atoms with E-state index in [9.17, 15) is 0 Å².